The number of pyridine rings is 1. The highest BCUT2D eigenvalue weighted by Crippen LogP contribution is 2.27. The molecule has 1 fully saturated rings. The fraction of sp³-hybridized carbons (Fsp3) is 0.571. The Balaban J connectivity index is 0.00000176. The van der Waals surface area contributed by atoms with Crippen LogP contribution in [-0.2, 0) is 0 Å². The number of hydrogen-bond donors (Lipinski definition) is 1. The summed E-state index contributed by atoms with van der Waals surface area (Å²) in [5, 5.41) is 3.75. The lowest BCUT2D eigenvalue weighted by molar-refractivity contribution is 0.0443. The fourth-order valence-corrected chi connectivity index (χ4v) is 2.86. The second-order valence-electron chi connectivity index (χ2n) is 7.25. The van der Waals surface area contributed by atoms with Crippen molar-refractivity contribution in [1.29, 1.82) is 0 Å². The second kappa shape index (κ2) is 10.7. The Morgan fingerprint density at radius 2 is 2.07 bits per heavy atom. The molecule has 27 heavy (non-hydrogen) atoms. The van der Waals surface area contributed by atoms with Crippen LogP contribution in [0.1, 0.15) is 52.8 Å². The summed E-state index contributed by atoms with van der Waals surface area (Å²) in [5.41, 5.74) is 2.27. The van der Waals surface area contributed by atoms with Gasteiger partial charge in [0.15, 0.2) is 0 Å². The van der Waals surface area contributed by atoms with Gasteiger partial charge in [0.2, 0.25) is 0 Å². The lowest BCUT2D eigenvalue weighted by atomic mass is 9.84. The van der Waals surface area contributed by atoms with Gasteiger partial charge in [-0.15, -0.1) is 0 Å². The normalized spacial score (nSPS) is 16.2. The van der Waals surface area contributed by atoms with E-state index in [1.165, 1.54) is 0 Å². The number of aromatic nitrogens is 1. The Kier molecular flexibility index (Phi) is 8.96. The molecular weight excluding hydrogens is 338 g/mol. The van der Waals surface area contributed by atoms with E-state index in [0.717, 1.165) is 25.2 Å². The Morgan fingerprint density at radius 1 is 1.41 bits per heavy atom. The average molecular weight is 372 g/mol. The van der Waals surface area contributed by atoms with E-state index in [2.05, 4.69) is 45.7 Å². The van der Waals surface area contributed by atoms with Crippen molar-refractivity contribution in [3.05, 3.63) is 23.5 Å². The van der Waals surface area contributed by atoms with Crippen molar-refractivity contribution in [2.75, 3.05) is 26.7 Å². The molecule has 0 spiro atoms. The van der Waals surface area contributed by atoms with Crippen molar-refractivity contribution < 1.29 is 4.74 Å². The molecule has 148 valence electrons. The van der Waals surface area contributed by atoms with Crippen LogP contribution >= 0.6 is 0 Å². The quantitative estimate of drug-likeness (QED) is 0.374. The topological polar surface area (TPSA) is 76.1 Å². The predicted octanol–water partition coefficient (Wildman–Crippen LogP) is 2.95. The molecule has 0 amide bonds. The molecule has 1 aliphatic rings. The van der Waals surface area contributed by atoms with Gasteiger partial charge in [-0.2, -0.15) is 5.10 Å². The van der Waals surface area contributed by atoms with Crippen LogP contribution in [0.15, 0.2) is 22.4 Å². The van der Waals surface area contributed by atoms with Crippen molar-refractivity contribution in [2.45, 2.75) is 47.6 Å². The van der Waals surface area contributed by atoms with E-state index >= 15 is 0 Å². The number of hydrazone groups is 1. The van der Waals surface area contributed by atoms with Crippen molar-refractivity contribution in [3.63, 3.8) is 0 Å². The first kappa shape index (κ1) is 22.7. The summed E-state index contributed by atoms with van der Waals surface area (Å²) >= 11 is 0. The van der Waals surface area contributed by atoms with Gasteiger partial charge in [0.25, 0.3) is 0 Å². The standard InChI is InChI=1S/C19H27N5O.C2H6/c1-14(2)25-17-9-15(7-6-8-24-12-19(3,4)13-24)10-22-18(17)16(23-20)11-21-5;1-2/h9-11,14H,8,12-13,20H2,1-5H3;1-2H3/b21-11?,23-16+;. The van der Waals surface area contributed by atoms with Crippen LogP contribution in [-0.4, -0.2) is 54.6 Å². The van der Waals surface area contributed by atoms with Crippen LogP contribution in [0.25, 0.3) is 0 Å². The lowest BCUT2D eigenvalue weighted by Crippen LogP contribution is -2.52. The second-order valence-corrected chi connectivity index (χ2v) is 7.25. The minimum atomic E-state index is 0.00432. The molecule has 2 rings (SSSR count). The molecule has 0 bridgehead atoms. The van der Waals surface area contributed by atoms with Crippen LogP contribution in [0.5, 0.6) is 5.75 Å². The average Bonchev–Trinajstić information content (AvgIpc) is 2.60. The minimum Gasteiger partial charge on any atom is -0.489 e. The largest absolute Gasteiger partial charge is 0.489 e. The van der Waals surface area contributed by atoms with E-state index in [9.17, 15) is 0 Å². The smallest absolute Gasteiger partial charge is 0.148 e. The van der Waals surface area contributed by atoms with Crippen molar-refractivity contribution in [2.24, 2.45) is 21.4 Å². The summed E-state index contributed by atoms with van der Waals surface area (Å²) in [7, 11) is 1.66. The molecule has 0 unspecified atom stereocenters. The zero-order valence-corrected chi connectivity index (χ0v) is 17.7. The third kappa shape index (κ3) is 7.03. The molecule has 1 saturated heterocycles. The first-order valence-corrected chi connectivity index (χ1v) is 9.43. The van der Waals surface area contributed by atoms with E-state index in [4.69, 9.17) is 10.6 Å². The highest BCUT2D eigenvalue weighted by atomic mass is 16.5. The summed E-state index contributed by atoms with van der Waals surface area (Å²) in [6.45, 7) is 15.4. The third-order valence-corrected chi connectivity index (χ3v) is 3.69. The Morgan fingerprint density at radius 3 is 2.59 bits per heavy atom. The number of nitrogens with zero attached hydrogens (tertiary/aromatic N) is 4. The Labute approximate surface area is 163 Å². The zero-order chi connectivity index (χ0) is 20.4. The van der Waals surface area contributed by atoms with Crippen molar-refractivity contribution >= 4 is 11.9 Å². The monoisotopic (exact) mass is 371 g/mol. The summed E-state index contributed by atoms with van der Waals surface area (Å²) in [6.07, 6.45) is 3.28. The molecular formula is C21H33N5O. The van der Waals surface area contributed by atoms with Gasteiger partial charge in [-0.3, -0.25) is 9.89 Å². The highest BCUT2D eigenvalue weighted by molar-refractivity contribution is 6.38. The summed E-state index contributed by atoms with van der Waals surface area (Å²) < 4.78 is 5.86. The molecule has 1 aliphatic heterocycles. The zero-order valence-electron chi connectivity index (χ0n) is 17.7. The van der Waals surface area contributed by atoms with Gasteiger partial charge in [-0.05, 0) is 25.3 Å². The molecule has 0 radical (unpaired) electrons. The molecule has 0 atom stereocenters. The maximum absolute atomic E-state index is 5.86. The molecule has 0 aromatic carbocycles. The van der Waals surface area contributed by atoms with Crippen LogP contribution in [0.4, 0.5) is 0 Å². The molecule has 2 heterocycles. The molecule has 1 aromatic heterocycles. The van der Waals surface area contributed by atoms with Gasteiger partial charge < -0.3 is 10.6 Å². The van der Waals surface area contributed by atoms with Gasteiger partial charge in [-0.25, -0.2) is 4.98 Å². The number of likely N-dealkylation sites (tertiary alicyclic amines) is 1. The van der Waals surface area contributed by atoms with Crippen LogP contribution in [0.2, 0.25) is 0 Å². The molecule has 6 nitrogen and oxygen atoms in total. The van der Waals surface area contributed by atoms with E-state index in [-0.39, 0.29) is 6.10 Å². The number of ether oxygens (including phenoxy) is 1. The summed E-state index contributed by atoms with van der Waals surface area (Å²) in [4.78, 5) is 10.7. The van der Waals surface area contributed by atoms with Crippen molar-refractivity contribution in [3.8, 4) is 17.6 Å². The molecule has 6 heteroatoms. The van der Waals surface area contributed by atoms with Crippen LogP contribution in [0, 0.1) is 17.3 Å². The maximum Gasteiger partial charge on any atom is 0.148 e. The van der Waals surface area contributed by atoms with Crippen LogP contribution < -0.4 is 10.6 Å². The number of nitrogens with two attached hydrogens (primary N) is 1. The Hall–Kier alpha value is -2.39. The predicted molar refractivity (Wildman–Crippen MR) is 114 cm³/mol. The molecule has 0 saturated carbocycles. The summed E-state index contributed by atoms with van der Waals surface area (Å²) in [6, 6.07) is 1.88. The van der Waals surface area contributed by atoms with Gasteiger partial charge in [0.1, 0.15) is 17.2 Å². The number of rotatable bonds is 5. The minimum absolute atomic E-state index is 0.00432. The van der Waals surface area contributed by atoms with Gasteiger partial charge in [-0.1, -0.05) is 39.5 Å². The van der Waals surface area contributed by atoms with E-state index < -0.39 is 0 Å². The SMILES string of the molecule is CC.CN=C/C(=N\N)c1ncc(C#CCN2CC(C)(C)C2)cc1OC(C)C. The molecule has 0 aliphatic carbocycles. The molecule has 2 N–H and O–H groups in total. The van der Waals surface area contributed by atoms with Gasteiger partial charge >= 0.3 is 0 Å². The number of aliphatic imine (C=N–C) groups is 1. The van der Waals surface area contributed by atoms with E-state index in [1.807, 2.05) is 33.8 Å². The van der Waals surface area contributed by atoms with E-state index in [1.54, 1.807) is 19.5 Å². The maximum atomic E-state index is 5.86. The third-order valence-electron chi connectivity index (χ3n) is 3.69. The summed E-state index contributed by atoms with van der Waals surface area (Å²) in [5.74, 6) is 12.4. The first-order chi connectivity index (χ1) is 12.8. The Bertz CT molecular complexity index is 718. The highest BCUT2D eigenvalue weighted by Gasteiger charge is 2.32. The molecule has 1 aromatic rings. The van der Waals surface area contributed by atoms with Crippen LogP contribution in [0.3, 0.4) is 0 Å². The van der Waals surface area contributed by atoms with Crippen molar-refractivity contribution in [1.82, 2.24) is 9.88 Å². The van der Waals surface area contributed by atoms with E-state index in [0.29, 0.717) is 22.6 Å². The first-order valence-electron chi connectivity index (χ1n) is 9.43. The number of hydrogen-bond acceptors (Lipinski definition) is 6. The van der Waals surface area contributed by atoms with Gasteiger partial charge in [0, 0.05) is 31.9 Å². The fourth-order valence-electron chi connectivity index (χ4n) is 2.86. The van der Waals surface area contributed by atoms with Gasteiger partial charge in [0.05, 0.1) is 18.9 Å². The lowest BCUT2D eigenvalue weighted by Gasteiger charge is -2.44.